The van der Waals surface area contributed by atoms with E-state index < -0.39 is 0 Å². The molecule has 0 amide bonds. The van der Waals surface area contributed by atoms with Crippen LogP contribution in [-0.2, 0) is 6.42 Å². The molecule has 7 rings (SSSR count). The molecule has 5 nitrogen and oxygen atoms in total. The van der Waals surface area contributed by atoms with Gasteiger partial charge in [-0.15, -0.1) is 0 Å². The molecule has 3 heterocycles. The lowest BCUT2D eigenvalue weighted by Gasteiger charge is -2.40. The summed E-state index contributed by atoms with van der Waals surface area (Å²) >= 11 is 0. The van der Waals surface area contributed by atoms with Gasteiger partial charge in [0.15, 0.2) is 0 Å². The molecular weight excluding hydrogens is 625 g/mol. The van der Waals surface area contributed by atoms with E-state index in [1.807, 2.05) is 6.20 Å². The van der Waals surface area contributed by atoms with Gasteiger partial charge in [0.05, 0.1) is 22.4 Å². The summed E-state index contributed by atoms with van der Waals surface area (Å²) < 4.78 is 11.2. The van der Waals surface area contributed by atoms with Crippen LogP contribution in [0, 0.1) is 37.5 Å². The van der Waals surface area contributed by atoms with Crippen molar-refractivity contribution in [2.45, 2.75) is 93.9 Å². The highest BCUT2D eigenvalue weighted by molar-refractivity contribution is 6.09. The monoisotopic (exact) mass is 678 g/mol. The maximum Gasteiger partial charge on any atom is 0.137 e. The molecule has 1 aliphatic rings. The van der Waals surface area contributed by atoms with Crippen LogP contribution in [0.1, 0.15) is 102 Å². The number of para-hydroxylation sites is 1. The molecule has 0 N–H and O–H groups in total. The number of allylic oxidation sites excluding steroid dienone is 2. The van der Waals surface area contributed by atoms with Crippen molar-refractivity contribution in [2.24, 2.45) is 23.7 Å². The van der Waals surface area contributed by atoms with Gasteiger partial charge in [-0.3, -0.25) is 4.57 Å². The fourth-order valence-corrected chi connectivity index (χ4v) is 8.58. The predicted molar refractivity (Wildman–Crippen MR) is 213 cm³/mol. The Labute approximate surface area is 304 Å². The lowest BCUT2D eigenvalue weighted by molar-refractivity contribution is 0.267. The molecule has 5 heteroatoms. The molecule has 51 heavy (non-hydrogen) atoms. The molecule has 0 fully saturated rings. The molecule has 0 bridgehead atoms. The van der Waals surface area contributed by atoms with Crippen LogP contribution >= 0.6 is 0 Å². The number of pyridine rings is 1. The summed E-state index contributed by atoms with van der Waals surface area (Å²) in [5.41, 5.74) is 11.1. The van der Waals surface area contributed by atoms with Gasteiger partial charge < -0.3 is 4.74 Å². The van der Waals surface area contributed by atoms with Crippen molar-refractivity contribution in [1.29, 1.82) is 0 Å². The number of hydrogen-bond donors (Lipinski definition) is 0. The highest BCUT2D eigenvalue weighted by atomic mass is 16.5. The van der Waals surface area contributed by atoms with Gasteiger partial charge in [-0.05, 0) is 110 Å². The van der Waals surface area contributed by atoms with Crippen molar-refractivity contribution in [3.63, 3.8) is 0 Å². The molecule has 264 valence electrons. The van der Waals surface area contributed by atoms with E-state index in [9.17, 15) is 0 Å². The number of ether oxygens (including phenoxy) is 1. The summed E-state index contributed by atoms with van der Waals surface area (Å²) in [6, 6.07) is 25.9. The van der Waals surface area contributed by atoms with E-state index in [2.05, 4.69) is 157 Å². The average Bonchev–Trinajstić information content (AvgIpc) is 3.60. The van der Waals surface area contributed by atoms with E-state index in [4.69, 9.17) is 14.8 Å². The molecule has 3 aromatic carbocycles. The van der Waals surface area contributed by atoms with Gasteiger partial charge in [0.1, 0.15) is 17.3 Å². The third-order valence-electron chi connectivity index (χ3n) is 11.2. The standard InChI is InChI=1S/C46H54N4O/c1-11-33-18-19-47-44(22-33)49-42-15-13-12-14-38(42)39-17-16-36(26-43(39)49)51-37-24-34(27(2)3)23-35(25-37)50-32(10)45(31(9)48-50)46-40(28(4)5)20-30(8)21-41(46)29(6)7/h12-20,22-30,41,46H,11,21H2,1-10H3/t30-,41?,46-/m0/s1. The SMILES string of the molecule is CCc1ccnc(-n2c3ccccc3c3ccc(Oc4cc(C(C)C)cc(-n5nc(C)c([C@H]6C(C(C)C)=C[C@H](C)CC6C(C)C)c5C)c4)cc32)c1. The van der Waals surface area contributed by atoms with Crippen molar-refractivity contribution in [1.82, 2.24) is 19.3 Å². The lowest BCUT2D eigenvalue weighted by atomic mass is 9.65. The fraction of sp³-hybridized carbons (Fsp3) is 0.391. The van der Waals surface area contributed by atoms with Crippen molar-refractivity contribution < 1.29 is 4.74 Å². The summed E-state index contributed by atoms with van der Waals surface area (Å²) in [6.45, 7) is 23.0. The zero-order valence-electron chi connectivity index (χ0n) is 32.2. The first-order valence-electron chi connectivity index (χ1n) is 19.0. The third kappa shape index (κ3) is 6.41. The second kappa shape index (κ2) is 13.8. The molecular formula is C46H54N4O. The number of aromatic nitrogens is 4. The van der Waals surface area contributed by atoms with Crippen LogP contribution in [0.5, 0.6) is 11.5 Å². The van der Waals surface area contributed by atoms with Gasteiger partial charge in [-0.25, -0.2) is 9.67 Å². The van der Waals surface area contributed by atoms with Crippen molar-refractivity contribution in [3.05, 3.63) is 119 Å². The molecule has 3 aromatic heterocycles. The van der Waals surface area contributed by atoms with Crippen molar-refractivity contribution in [2.75, 3.05) is 0 Å². The van der Waals surface area contributed by atoms with E-state index >= 15 is 0 Å². The topological polar surface area (TPSA) is 44.9 Å². The van der Waals surface area contributed by atoms with Crippen LogP contribution in [0.25, 0.3) is 33.3 Å². The smallest absolute Gasteiger partial charge is 0.137 e. The van der Waals surface area contributed by atoms with Gasteiger partial charge in [-0.1, -0.05) is 85.2 Å². The number of fused-ring (bicyclic) bond motifs is 3. The Hall–Kier alpha value is -4.64. The number of aryl methyl sites for hydroxylation is 2. The Morgan fingerprint density at radius 2 is 1.59 bits per heavy atom. The summed E-state index contributed by atoms with van der Waals surface area (Å²) in [6.07, 6.45) is 6.64. The minimum Gasteiger partial charge on any atom is -0.457 e. The maximum absolute atomic E-state index is 6.79. The minimum absolute atomic E-state index is 0.325. The van der Waals surface area contributed by atoms with Crippen molar-refractivity contribution in [3.8, 4) is 23.0 Å². The van der Waals surface area contributed by atoms with Crippen LogP contribution in [0.3, 0.4) is 0 Å². The first-order valence-corrected chi connectivity index (χ1v) is 19.0. The number of benzene rings is 3. The van der Waals surface area contributed by atoms with Crippen LogP contribution in [0.2, 0.25) is 0 Å². The maximum atomic E-state index is 6.79. The summed E-state index contributed by atoms with van der Waals surface area (Å²) in [4.78, 5) is 4.81. The van der Waals surface area contributed by atoms with Crippen molar-refractivity contribution >= 4 is 21.8 Å². The summed E-state index contributed by atoms with van der Waals surface area (Å²) in [7, 11) is 0. The quantitative estimate of drug-likeness (QED) is 0.143. The average molecular weight is 679 g/mol. The number of hydrogen-bond acceptors (Lipinski definition) is 3. The molecule has 3 atom stereocenters. The highest BCUT2D eigenvalue weighted by Crippen LogP contribution is 2.49. The van der Waals surface area contributed by atoms with Crippen LogP contribution in [-0.4, -0.2) is 19.3 Å². The molecule has 1 unspecified atom stereocenters. The molecule has 0 radical (unpaired) electrons. The Morgan fingerprint density at radius 3 is 2.31 bits per heavy atom. The summed E-state index contributed by atoms with van der Waals surface area (Å²) in [5.74, 6) is 5.50. The molecule has 0 saturated heterocycles. The van der Waals surface area contributed by atoms with E-state index in [1.165, 1.54) is 39.6 Å². The van der Waals surface area contributed by atoms with Gasteiger partial charge in [0.25, 0.3) is 0 Å². The molecule has 0 saturated carbocycles. The number of nitrogens with zero attached hydrogens (tertiary/aromatic N) is 4. The summed E-state index contributed by atoms with van der Waals surface area (Å²) in [5, 5.41) is 7.64. The zero-order chi connectivity index (χ0) is 36.1. The van der Waals surface area contributed by atoms with Gasteiger partial charge in [0.2, 0.25) is 0 Å². The Morgan fingerprint density at radius 1 is 0.824 bits per heavy atom. The van der Waals surface area contributed by atoms with Crippen LogP contribution < -0.4 is 4.74 Å². The van der Waals surface area contributed by atoms with E-state index in [-0.39, 0.29) is 0 Å². The molecule has 0 aliphatic heterocycles. The zero-order valence-corrected chi connectivity index (χ0v) is 32.2. The fourth-order valence-electron chi connectivity index (χ4n) is 8.58. The van der Waals surface area contributed by atoms with Crippen LogP contribution in [0.4, 0.5) is 0 Å². The Balaban J connectivity index is 1.32. The predicted octanol–water partition coefficient (Wildman–Crippen LogP) is 12.4. The van der Waals surface area contributed by atoms with Gasteiger partial charge >= 0.3 is 0 Å². The third-order valence-corrected chi connectivity index (χ3v) is 11.2. The number of rotatable bonds is 9. The molecule has 6 aromatic rings. The Bertz CT molecular complexity index is 2250. The minimum atomic E-state index is 0.325. The molecule has 0 spiro atoms. The van der Waals surface area contributed by atoms with Crippen LogP contribution in [0.15, 0.2) is 90.6 Å². The largest absolute Gasteiger partial charge is 0.457 e. The van der Waals surface area contributed by atoms with Gasteiger partial charge in [0, 0.05) is 46.3 Å². The van der Waals surface area contributed by atoms with E-state index in [1.54, 1.807) is 5.57 Å². The second-order valence-electron chi connectivity index (χ2n) is 15.8. The molecule has 1 aliphatic carbocycles. The first-order chi connectivity index (χ1) is 24.4. The van der Waals surface area contributed by atoms with Gasteiger partial charge in [-0.2, -0.15) is 5.10 Å². The Kier molecular flexibility index (Phi) is 9.43. The first kappa shape index (κ1) is 34.8. The van der Waals surface area contributed by atoms with E-state index in [0.717, 1.165) is 46.2 Å². The lowest BCUT2D eigenvalue weighted by Crippen LogP contribution is -2.29. The second-order valence-corrected chi connectivity index (χ2v) is 15.8. The van der Waals surface area contributed by atoms with E-state index in [0.29, 0.717) is 35.5 Å². The highest BCUT2D eigenvalue weighted by Gasteiger charge is 2.37. The normalized spacial score (nSPS) is 18.1.